The van der Waals surface area contributed by atoms with Gasteiger partial charge in [-0.3, -0.25) is 9.59 Å². The minimum Gasteiger partial charge on any atom is -0.458 e. The lowest BCUT2D eigenvalue weighted by Crippen LogP contribution is -2.60. The van der Waals surface area contributed by atoms with E-state index in [1.807, 2.05) is 41.5 Å². The molecule has 0 unspecified atom stereocenters. The number of nitrogens with zero attached hydrogens (tertiary/aromatic N) is 1. The molecule has 188 valence electrons. The highest BCUT2D eigenvalue weighted by Crippen LogP contribution is 2.43. The lowest BCUT2D eigenvalue weighted by atomic mass is 9.82. The number of likely N-dealkylation sites (tertiary alicyclic amines) is 1. The molecule has 2 aliphatic carbocycles. The third kappa shape index (κ3) is 6.09. The van der Waals surface area contributed by atoms with Crippen LogP contribution in [0.15, 0.2) is 0 Å². The molecule has 0 aromatic heterocycles. The van der Waals surface area contributed by atoms with Gasteiger partial charge in [-0.05, 0) is 69.6 Å². The maximum Gasteiger partial charge on any atom is 0.329 e. The van der Waals surface area contributed by atoms with Gasteiger partial charge in [-0.2, -0.15) is 0 Å². The monoisotopic (exact) mass is 463 g/mol. The molecule has 0 radical (unpaired) electrons. The van der Waals surface area contributed by atoms with Crippen molar-refractivity contribution in [3.05, 3.63) is 0 Å². The number of esters is 1. The van der Waals surface area contributed by atoms with Crippen molar-refractivity contribution in [3.8, 4) is 0 Å². The summed E-state index contributed by atoms with van der Waals surface area (Å²) in [6.45, 7) is 11.9. The molecule has 2 amide bonds. The van der Waals surface area contributed by atoms with Crippen molar-refractivity contribution in [2.75, 3.05) is 6.54 Å². The van der Waals surface area contributed by atoms with E-state index >= 15 is 0 Å². The van der Waals surface area contributed by atoms with Crippen LogP contribution in [0.2, 0.25) is 0 Å². The molecule has 3 aliphatic rings. The second kappa shape index (κ2) is 9.93. The van der Waals surface area contributed by atoms with Gasteiger partial charge in [0.2, 0.25) is 11.8 Å². The van der Waals surface area contributed by atoms with Crippen LogP contribution >= 0.6 is 0 Å². The van der Waals surface area contributed by atoms with Crippen molar-refractivity contribution in [2.24, 2.45) is 28.9 Å². The molecule has 2 saturated carbocycles. The predicted octanol–water partition coefficient (Wildman–Crippen LogP) is 3.39. The second-order valence-electron chi connectivity index (χ2n) is 12.6. The van der Waals surface area contributed by atoms with Gasteiger partial charge in [0.15, 0.2) is 0 Å². The summed E-state index contributed by atoms with van der Waals surface area (Å²) >= 11 is 0. The first-order valence-electron chi connectivity index (χ1n) is 12.9. The molecule has 3 N–H and O–H groups in total. The number of nitrogens with one attached hydrogen (secondary N) is 1. The summed E-state index contributed by atoms with van der Waals surface area (Å²) in [7, 11) is 0. The molecule has 1 saturated heterocycles. The molecule has 0 spiro atoms. The Labute approximate surface area is 199 Å². The van der Waals surface area contributed by atoms with E-state index in [1.165, 1.54) is 6.42 Å². The summed E-state index contributed by atoms with van der Waals surface area (Å²) in [4.78, 5) is 41.9. The number of carbonyl (C=O) groups excluding carboxylic acids is 3. The van der Waals surface area contributed by atoms with Crippen molar-refractivity contribution in [1.29, 1.82) is 0 Å². The zero-order chi connectivity index (χ0) is 24.6. The normalized spacial score (nSPS) is 28.2. The molecular weight excluding hydrogens is 418 g/mol. The van der Waals surface area contributed by atoms with E-state index in [-0.39, 0.29) is 29.6 Å². The zero-order valence-corrected chi connectivity index (χ0v) is 21.5. The molecule has 5 atom stereocenters. The first-order valence-corrected chi connectivity index (χ1v) is 12.9. The zero-order valence-electron chi connectivity index (χ0n) is 21.5. The first kappa shape index (κ1) is 26.0. The number of amides is 2. The standard InChI is InChI=1S/C26H45N3O4/c1-25(2,3)21(28-22(30)19(27)16-11-8-7-9-12-16)23(31)29-15-17-13-10-14-18(17)20(29)24(32)33-26(4,5)6/h16-21H,7-15,27H2,1-6H3,(H,28,30)/t17-,18+,19-,20-,21+/m1/s1. The minimum absolute atomic E-state index is 0.129. The number of hydrogen-bond acceptors (Lipinski definition) is 5. The maximum absolute atomic E-state index is 13.9. The summed E-state index contributed by atoms with van der Waals surface area (Å²) in [5.74, 6) is -0.185. The Morgan fingerprint density at radius 1 is 0.939 bits per heavy atom. The van der Waals surface area contributed by atoms with Crippen molar-refractivity contribution < 1.29 is 19.1 Å². The molecule has 0 aromatic rings. The first-order chi connectivity index (χ1) is 15.3. The maximum atomic E-state index is 13.9. The Morgan fingerprint density at radius 3 is 2.15 bits per heavy atom. The summed E-state index contributed by atoms with van der Waals surface area (Å²) in [6, 6.07) is -1.94. The van der Waals surface area contributed by atoms with Crippen LogP contribution in [0.25, 0.3) is 0 Å². The third-order valence-electron chi connectivity index (χ3n) is 7.68. The SMILES string of the molecule is CC(C)(C)OC(=O)[C@H]1[C@H]2CCC[C@@H]2CN1C(=O)[C@H](NC(=O)[C@H](N)C1CCCCC1)C(C)(C)C. The van der Waals surface area contributed by atoms with Gasteiger partial charge in [0, 0.05) is 6.54 Å². The van der Waals surface area contributed by atoms with Crippen LogP contribution in [0.1, 0.15) is 92.9 Å². The van der Waals surface area contributed by atoms with Gasteiger partial charge in [-0.25, -0.2) is 4.79 Å². The van der Waals surface area contributed by atoms with E-state index in [1.54, 1.807) is 4.90 Å². The fourth-order valence-corrected chi connectivity index (χ4v) is 5.96. The smallest absolute Gasteiger partial charge is 0.329 e. The highest BCUT2D eigenvalue weighted by atomic mass is 16.6. The third-order valence-corrected chi connectivity index (χ3v) is 7.68. The largest absolute Gasteiger partial charge is 0.458 e. The number of rotatable bonds is 5. The molecule has 7 nitrogen and oxygen atoms in total. The van der Waals surface area contributed by atoms with Gasteiger partial charge < -0.3 is 20.7 Å². The minimum atomic E-state index is -0.747. The van der Waals surface area contributed by atoms with Crippen LogP contribution in [0.3, 0.4) is 0 Å². The average molecular weight is 464 g/mol. The van der Waals surface area contributed by atoms with E-state index in [2.05, 4.69) is 5.32 Å². The molecule has 33 heavy (non-hydrogen) atoms. The van der Waals surface area contributed by atoms with E-state index in [4.69, 9.17) is 10.5 Å². The van der Waals surface area contributed by atoms with Gasteiger partial charge >= 0.3 is 5.97 Å². The van der Waals surface area contributed by atoms with E-state index < -0.39 is 29.1 Å². The summed E-state index contributed by atoms with van der Waals surface area (Å²) < 4.78 is 5.73. The molecule has 1 aliphatic heterocycles. The van der Waals surface area contributed by atoms with Crippen molar-refractivity contribution >= 4 is 17.8 Å². The Morgan fingerprint density at radius 2 is 1.58 bits per heavy atom. The molecular formula is C26H45N3O4. The van der Waals surface area contributed by atoms with Crippen molar-refractivity contribution in [1.82, 2.24) is 10.2 Å². The van der Waals surface area contributed by atoms with Gasteiger partial charge in [-0.15, -0.1) is 0 Å². The Bertz CT molecular complexity index is 733. The topological polar surface area (TPSA) is 102 Å². The van der Waals surface area contributed by atoms with Crippen LogP contribution in [-0.4, -0.2) is 53.0 Å². The van der Waals surface area contributed by atoms with Crippen LogP contribution in [0.4, 0.5) is 0 Å². The molecule has 7 heteroatoms. The van der Waals surface area contributed by atoms with Gasteiger partial charge in [0.1, 0.15) is 17.7 Å². The summed E-state index contributed by atoms with van der Waals surface area (Å²) in [5.41, 5.74) is 5.21. The van der Waals surface area contributed by atoms with E-state index in [0.29, 0.717) is 12.5 Å². The molecule has 3 rings (SSSR count). The highest BCUT2D eigenvalue weighted by Gasteiger charge is 2.53. The van der Waals surface area contributed by atoms with E-state index in [0.717, 1.165) is 44.9 Å². The molecule has 3 fully saturated rings. The second-order valence-corrected chi connectivity index (χ2v) is 12.6. The van der Waals surface area contributed by atoms with Crippen LogP contribution in [0, 0.1) is 23.2 Å². The quantitative estimate of drug-likeness (QED) is 0.609. The van der Waals surface area contributed by atoms with E-state index in [9.17, 15) is 14.4 Å². The van der Waals surface area contributed by atoms with Crippen molar-refractivity contribution in [3.63, 3.8) is 0 Å². The van der Waals surface area contributed by atoms with Gasteiger partial charge in [-0.1, -0.05) is 46.5 Å². The lowest BCUT2D eigenvalue weighted by Gasteiger charge is -2.37. The Hall–Kier alpha value is -1.63. The molecule has 0 aromatic carbocycles. The molecule has 0 bridgehead atoms. The number of ether oxygens (including phenoxy) is 1. The Balaban J connectivity index is 1.79. The predicted molar refractivity (Wildman–Crippen MR) is 128 cm³/mol. The number of nitrogens with two attached hydrogens (primary N) is 1. The number of fused-ring (bicyclic) bond motifs is 1. The van der Waals surface area contributed by atoms with Crippen LogP contribution in [0.5, 0.6) is 0 Å². The Kier molecular flexibility index (Phi) is 7.82. The molecule has 1 heterocycles. The van der Waals surface area contributed by atoms with Crippen LogP contribution in [-0.2, 0) is 19.1 Å². The fraction of sp³-hybridized carbons (Fsp3) is 0.885. The fourth-order valence-electron chi connectivity index (χ4n) is 5.96. The van der Waals surface area contributed by atoms with Gasteiger partial charge in [0.25, 0.3) is 0 Å². The van der Waals surface area contributed by atoms with Gasteiger partial charge in [0.05, 0.1) is 6.04 Å². The lowest BCUT2D eigenvalue weighted by molar-refractivity contribution is -0.165. The number of carbonyl (C=O) groups is 3. The van der Waals surface area contributed by atoms with Crippen molar-refractivity contribution in [2.45, 2.75) is 117 Å². The van der Waals surface area contributed by atoms with Crippen LogP contribution < -0.4 is 11.1 Å². The summed E-state index contributed by atoms with van der Waals surface area (Å²) in [5, 5.41) is 3.00. The number of hydrogen-bond donors (Lipinski definition) is 2. The average Bonchev–Trinajstić information content (AvgIpc) is 3.30. The summed E-state index contributed by atoms with van der Waals surface area (Å²) in [6.07, 6.45) is 8.33. The highest BCUT2D eigenvalue weighted by molar-refractivity contribution is 5.93.